The van der Waals surface area contributed by atoms with E-state index in [0.29, 0.717) is 0 Å². The topological polar surface area (TPSA) is 95.1 Å². The largest absolute Gasteiger partial charge is 0.756 e. The van der Waals surface area contributed by atoms with Gasteiger partial charge in [-0.25, -0.2) is 0 Å². The van der Waals surface area contributed by atoms with Gasteiger partial charge in [0.25, 0.3) is 20.0 Å². The van der Waals surface area contributed by atoms with Crippen molar-refractivity contribution in [3.63, 3.8) is 0 Å². The lowest BCUT2D eigenvalue weighted by Crippen LogP contribution is -2.47. The van der Waals surface area contributed by atoms with E-state index in [9.17, 15) is 62.1 Å². The van der Waals surface area contributed by atoms with Crippen molar-refractivity contribution in [1.29, 1.82) is 0 Å². The molecule has 0 amide bonds. The second-order valence-corrected chi connectivity index (χ2v) is 4.90. The molecule has 18 heteroatoms. The monoisotopic (exact) mass is 415 g/mol. The maximum atomic E-state index is 11.9. The summed E-state index contributed by atoms with van der Waals surface area (Å²) >= 11 is 0. The number of hydrogen-bond donors (Lipinski definition) is 1. The minimum atomic E-state index is -7.32. The van der Waals surface area contributed by atoms with E-state index < -0.39 is 44.7 Å². The molecule has 0 unspecified atom stereocenters. The van der Waals surface area contributed by atoms with Gasteiger partial charge in [0.05, 0.1) is 0 Å². The van der Waals surface area contributed by atoms with Crippen LogP contribution in [0.5, 0.6) is 0 Å². The van der Waals surface area contributed by atoms with Gasteiger partial charge >= 0.3 is 24.7 Å². The normalized spacial score (nSPS) is 15.0. The van der Waals surface area contributed by atoms with Crippen molar-refractivity contribution in [2.24, 2.45) is 0 Å². The van der Waals surface area contributed by atoms with Crippen LogP contribution in [0.4, 0.5) is 52.7 Å². The lowest BCUT2D eigenvalue weighted by Gasteiger charge is -2.33. The van der Waals surface area contributed by atoms with E-state index in [1.165, 1.54) is 0 Å². The van der Waals surface area contributed by atoms with E-state index in [0.717, 1.165) is 0 Å². The molecule has 5 nitrogen and oxygen atoms in total. The Hall–Kier alpha value is -0.770. The zero-order chi connectivity index (χ0) is 19.1. The van der Waals surface area contributed by atoms with Crippen LogP contribution in [0.2, 0.25) is 0 Å². The average Bonchev–Trinajstić information content (AvgIpc) is 2.16. The summed E-state index contributed by atoms with van der Waals surface area (Å²) < 4.78 is 159. The van der Waals surface area contributed by atoms with Gasteiger partial charge in [-0.15, -0.1) is 0 Å². The molecular formula is C6H6F12NO4P. The van der Waals surface area contributed by atoms with Crippen molar-refractivity contribution >= 4 is 7.82 Å². The van der Waals surface area contributed by atoms with Gasteiger partial charge in [0.1, 0.15) is 0 Å². The zero-order valence-corrected chi connectivity index (χ0v) is 11.7. The van der Waals surface area contributed by atoms with Crippen LogP contribution in [0.15, 0.2) is 0 Å². The van der Waals surface area contributed by atoms with Crippen LogP contribution in [-0.2, 0) is 13.6 Å². The van der Waals surface area contributed by atoms with Gasteiger partial charge < -0.3 is 11.0 Å². The van der Waals surface area contributed by atoms with Crippen molar-refractivity contribution in [1.82, 2.24) is 6.15 Å². The number of quaternary nitrogens is 1. The molecule has 24 heavy (non-hydrogen) atoms. The molecule has 0 rings (SSSR count). The van der Waals surface area contributed by atoms with Crippen molar-refractivity contribution < 1.29 is 71.2 Å². The summed E-state index contributed by atoms with van der Waals surface area (Å²) in [5.41, 5.74) is 0. The molecular weight excluding hydrogens is 409 g/mol. The molecule has 148 valence electrons. The first-order chi connectivity index (χ1) is 9.68. The molecule has 0 saturated carbocycles. The molecule has 0 aliphatic rings. The van der Waals surface area contributed by atoms with Crippen molar-refractivity contribution in [2.75, 3.05) is 0 Å². The highest BCUT2D eigenvalue weighted by molar-refractivity contribution is 7.45. The maximum Gasteiger partial charge on any atom is 0.424 e. The van der Waals surface area contributed by atoms with E-state index in [4.69, 9.17) is 0 Å². The van der Waals surface area contributed by atoms with Gasteiger partial charge in [-0.2, -0.15) is 52.7 Å². The Kier molecular flexibility index (Phi) is 7.67. The molecule has 0 spiro atoms. The predicted molar refractivity (Wildman–Crippen MR) is 47.6 cm³/mol. The SMILES string of the molecule is O=P([O-])(OC(C(F)(F)F)C(F)(F)F)OC(C(F)(F)F)C(F)(F)F.[NH4+]. The fraction of sp³-hybridized carbons (Fsp3) is 1.00. The first-order valence-corrected chi connectivity index (χ1v) is 6.08. The minimum absolute atomic E-state index is 0. The van der Waals surface area contributed by atoms with Gasteiger partial charge in [-0.3, -0.25) is 13.6 Å². The Balaban J connectivity index is 0. The number of hydrogen-bond acceptors (Lipinski definition) is 4. The smallest absolute Gasteiger partial charge is 0.424 e. The second-order valence-electron chi connectivity index (χ2n) is 3.58. The molecule has 0 aromatic carbocycles. The van der Waals surface area contributed by atoms with Crippen LogP contribution in [0.1, 0.15) is 0 Å². The van der Waals surface area contributed by atoms with Crippen LogP contribution in [0, 0.1) is 0 Å². The van der Waals surface area contributed by atoms with Crippen LogP contribution in [-0.4, -0.2) is 36.9 Å². The lowest BCUT2D eigenvalue weighted by atomic mass is 10.3. The zero-order valence-electron chi connectivity index (χ0n) is 10.8. The third-order valence-corrected chi connectivity index (χ3v) is 2.60. The Morgan fingerprint density at radius 1 is 0.625 bits per heavy atom. The quantitative estimate of drug-likeness (QED) is 0.558. The van der Waals surface area contributed by atoms with Gasteiger partial charge in [0.15, 0.2) is 0 Å². The van der Waals surface area contributed by atoms with Crippen molar-refractivity contribution in [3.05, 3.63) is 0 Å². The Morgan fingerprint density at radius 2 is 0.792 bits per heavy atom. The molecule has 0 fully saturated rings. The summed E-state index contributed by atoms with van der Waals surface area (Å²) in [7, 11) is -7.32. The average molecular weight is 415 g/mol. The van der Waals surface area contributed by atoms with Gasteiger partial charge in [0.2, 0.25) is 0 Å². The molecule has 0 aromatic heterocycles. The molecule has 0 aliphatic heterocycles. The number of rotatable bonds is 4. The van der Waals surface area contributed by atoms with Crippen molar-refractivity contribution in [3.8, 4) is 0 Å². The van der Waals surface area contributed by atoms with Crippen molar-refractivity contribution in [2.45, 2.75) is 36.9 Å². The summed E-state index contributed by atoms with van der Waals surface area (Å²) in [6, 6.07) is 0. The molecule has 0 radical (unpaired) electrons. The third-order valence-electron chi connectivity index (χ3n) is 1.66. The van der Waals surface area contributed by atoms with E-state index in [1.54, 1.807) is 0 Å². The number of halogens is 12. The van der Waals surface area contributed by atoms with Crippen LogP contribution < -0.4 is 11.0 Å². The highest BCUT2D eigenvalue weighted by atomic mass is 31.2. The summed E-state index contributed by atoms with van der Waals surface area (Å²) in [5, 5.41) is 0. The van der Waals surface area contributed by atoms with Gasteiger partial charge in [-0.05, 0) is 0 Å². The summed E-state index contributed by atoms with van der Waals surface area (Å²) in [5.74, 6) is 0. The first-order valence-electron chi connectivity index (χ1n) is 4.62. The standard InChI is InChI=1S/C6H3F12O4P.H3N/c7-3(8,9)1(4(10,11)12)21-23(19,20)22-2(5(13,14)15)6(16,17)18;/h1-2H,(H,19,20);1H3. The first kappa shape index (κ1) is 25.5. The van der Waals surface area contributed by atoms with Crippen LogP contribution >= 0.6 is 7.82 Å². The van der Waals surface area contributed by atoms with Gasteiger partial charge in [0, 0.05) is 0 Å². The molecule has 0 aliphatic carbocycles. The fourth-order valence-corrected chi connectivity index (χ4v) is 1.94. The highest BCUT2D eigenvalue weighted by Gasteiger charge is 2.62. The Bertz CT molecular complexity index is 386. The number of phosphoric ester groups is 1. The molecule has 0 aromatic rings. The lowest BCUT2D eigenvalue weighted by molar-refractivity contribution is -0.343. The maximum absolute atomic E-state index is 11.9. The highest BCUT2D eigenvalue weighted by Crippen LogP contribution is 2.52. The fourth-order valence-electron chi connectivity index (χ4n) is 0.893. The van der Waals surface area contributed by atoms with E-state index >= 15 is 0 Å². The Labute approximate surface area is 123 Å². The van der Waals surface area contributed by atoms with Crippen LogP contribution in [0.25, 0.3) is 0 Å². The van der Waals surface area contributed by atoms with E-state index in [1.807, 2.05) is 0 Å². The Morgan fingerprint density at radius 3 is 0.917 bits per heavy atom. The molecule has 4 N–H and O–H groups in total. The summed E-state index contributed by atoms with van der Waals surface area (Å²) in [4.78, 5) is 10.6. The molecule has 0 saturated heterocycles. The molecule has 0 atom stereocenters. The van der Waals surface area contributed by atoms with E-state index in [-0.39, 0.29) is 6.15 Å². The van der Waals surface area contributed by atoms with E-state index in [2.05, 4.69) is 9.05 Å². The summed E-state index contributed by atoms with van der Waals surface area (Å²) in [6.07, 6.45) is -36.4. The molecule has 0 bridgehead atoms. The third kappa shape index (κ3) is 7.87. The van der Waals surface area contributed by atoms with Gasteiger partial charge in [-0.1, -0.05) is 0 Å². The van der Waals surface area contributed by atoms with Crippen LogP contribution in [0.3, 0.4) is 0 Å². The second kappa shape index (κ2) is 7.23. The number of phosphoric acid groups is 1. The summed E-state index contributed by atoms with van der Waals surface area (Å²) in [6.45, 7) is 0. The number of alkyl halides is 12. The minimum Gasteiger partial charge on any atom is -0.756 e. The molecule has 0 heterocycles. The predicted octanol–water partition coefficient (Wildman–Crippen LogP) is 3.85.